The van der Waals surface area contributed by atoms with Gasteiger partial charge in [-0.2, -0.15) is 9.47 Å². The van der Waals surface area contributed by atoms with Gasteiger partial charge < -0.3 is 10.2 Å². The largest absolute Gasteiger partial charge is 0.342 e. The molecule has 0 bridgehead atoms. The van der Waals surface area contributed by atoms with Crippen LogP contribution in [0.5, 0.6) is 0 Å². The van der Waals surface area contributed by atoms with Crippen molar-refractivity contribution in [2.75, 3.05) is 36.0 Å². The van der Waals surface area contributed by atoms with Gasteiger partial charge in [0.1, 0.15) is 5.82 Å². The molecule has 0 unspecified atom stereocenters. The number of nitrogens with zero attached hydrogens (tertiary/aromatic N) is 6. The summed E-state index contributed by atoms with van der Waals surface area (Å²) in [5, 5.41) is 8.28. The van der Waals surface area contributed by atoms with Crippen LogP contribution in [0.1, 0.15) is 37.0 Å². The normalized spacial score (nSPS) is 21.8. The fraction of sp³-hybridized carbons (Fsp3) is 0.600. The molecule has 3 aliphatic rings. The van der Waals surface area contributed by atoms with Crippen LogP contribution >= 0.6 is 11.5 Å². The Morgan fingerprint density at radius 1 is 1.29 bits per heavy atom. The second kappa shape index (κ2) is 5.44. The van der Waals surface area contributed by atoms with Gasteiger partial charge in [0.05, 0.1) is 17.9 Å². The lowest BCUT2D eigenvalue weighted by molar-refractivity contribution is 0.252. The van der Waals surface area contributed by atoms with Gasteiger partial charge in [0.25, 0.3) is 0 Å². The Morgan fingerprint density at radius 2 is 2.17 bits per heavy atom. The first-order valence-corrected chi connectivity index (χ1v) is 9.23. The molecular weight excluding hydrogens is 326 g/mol. The highest BCUT2D eigenvalue weighted by molar-refractivity contribution is 7.09. The summed E-state index contributed by atoms with van der Waals surface area (Å²) in [6, 6.07) is 0.294. The second-order valence-corrected chi connectivity index (χ2v) is 7.41. The van der Waals surface area contributed by atoms with Gasteiger partial charge in [0.15, 0.2) is 0 Å². The predicted molar refractivity (Wildman–Crippen MR) is 90.7 cm³/mol. The molecule has 0 radical (unpaired) electrons. The van der Waals surface area contributed by atoms with E-state index in [1.165, 1.54) is 30.8 Å². The molecular formula is C15H19N7OS. The van der Waals surface area contributed by atoms with Crippen LogP contribution in [0.4, 0.5) is 15.6 Å². The van der Waals surface area contributed by atoms with Crippen LogP contribution in [0.3, 0.4) is 0 Å². The van der Waals surface area contributed by atoms with E-state index in [2.05, 4.69) is 19.7 Å². The van der Waals surface area contributed by atoms with E-state index in [4.69, 9.17) is 4.98 Å². The Balaban J connectivity index is 1.22. The first kappa shape index (κ1) is 14.2. The SMILES string of the molecule is O=C1NCCN1c1cnn(C2CN(c3nc(C4CCC4)ns3)C2)c1. The highest BCUT2D eigenvalue weighted by atomic mass is 32.1. The summed E-state index contributed by atoms with van der Waals surface area (Å²) in [6.07, 6.45) is 7.51. The molecule has 0 aromatic carbocycles. The third kappa shape index (κ3) is 2.26. The van der Waals surface area contributed by atoms with E-state index in [9.17, 15) is 4.79 Å². The molecule has 24 heavy (non-hydrogen) atoms. The van der Waals surface area contributed by atoms with Gasteiger partial charge in [-0.1, -0.05) is 6.42 Å². The highest BCUT2D eigenvalue weighted by Crippen LogP contribution is 2.37. The van der Waals surface area contributed by atoms with Crippen molar-refractivity contribution in [2.45, 2.75) is 31.2 Å². The number of anilines is 2. The lowest BCUT2D eigenvalue weighted by Crippen LogP contribution is -2.48. The average molecular weight is 345 g/mol. The van der Waals surface area contributed by atoms with Crippen LogP contribution in [-0.4, -0.2) is 51.3 Å². The lowest BCUT2D eigenvalue weighted by Gasteiger charge is -2.38. The molecule has 1 saturated carbocycles. The molecule has 3 fully saturated rings. The maximum atomic E-state index is 11.7. The van der Waals surface area contributed by atoms with Gasteiger partial charge in [-0.25, -0.2) is 9.78 Å². The van der Waals surface area contributed by atoms with Gasteiger partial charge in [-0.3, -0.25) is 9.58 Å². The molecule has 2 aromatic heterocycles. The summed E-state index contributed by atoms with van der Waals surface area (Å²) in [6.45, 7) is 3.19. The van der Waals surface area contributed by atoms with E-state index in [0.717, 1.165) is 29.7 Å². The maximum absolute atomic E-state index is 11.7. The molecule has 4 heterocycles. The maximum Gasteiger partial charge on any atom is 0.322 e. The monoisotopic (exact) mass is 345 g/mol. The third-order valence-corrected chi connectivity index (χ3v) is 5.96. The number of carbonyl (C=O) groups excluding carboxylic acids is 1. The minimum absolute atomic E-state index is 0.0397. The van der Waals surface area contributed by atoms with E-state index in [1.54, 1.807) is 11.1 Å². The van der Waals surface area contributed by atoms with Crippen LogP contribution in [-0.2, 0) is 0 Å². The van der Waals surface area contributed by atoms with Gasteiger partial charge in [-0.05, 0) is 12.8 Å². The number of hydrogen-bond acceptors (Lipinski definition) is 6. The van der Waals surface area contributed by atoms with Gasteiger partial charge >= 0.3 is 6.03 Å². The van der Waals surface area contributed by atoms with Crippen LogP contribution in [0.25, 0.3) is 0 Å². The molecule has 1 N–H and O–H groups in total. The zero-order valence-corrected chi connectivity index (χ0v) is 14.1. The molecule has 8 nitrogen and oxygen atoms in total. The Kier molecular flexibility index (Phi) is 3.22. The molecule has 0 spiro atoms. The zero-order chi connectivity index (χ0) is 16.1. The summed E-state index contributed by atoms with van der Waals surface area (Å²) in [4.78, 5) is 20.4. The molecule has 2 aliphatic heterocycles. The number of aromatic nitrogens is 4. The molecule has 2 aromatic rings. The van der Waals surface area contributed by atoms with Crippen LogP contribution in [0.15, 0.2) is 12.4 Å². The van der Waals surface area contributed by atoms with E-state index in [-0.39, 0.29) is 6.03 Å². The molecule has 1 aliphatic carbocycles. The molecule has 9 heteroatoms. The van der Waals surface area contributed by atoms with E-state index in [0.29, 0.717) is 25.0 Å². The number of carbonyl (C=O) groups is 1. The van der Waals surface area contributed by atoms with Crippen molar-refractivity contribution >= 4 is 28.4 Å². The summed E-state index contributed by atoms with van der Waals surface area (Å²) in [7, 11) is 0. The molecule has 2 saturated heterocycles. The first-order chi connectivity index (χ1) is 11.8. The van der Waals surface area contributed by atoms with Crippen LogP contribution in [0.2, 0.25) is 0 Å². The van der Waals surface area contributed by atoms with E-state index >= 15 is 0 Å². The van der Waals surface area contributed by atoms with E-state index < -0.39 is 0 Å². The predicted octanol–water partition coefficient (Wildman–Crippen LogP) is 1.59. The van der Waals surface area contributed by atoms with Crippen molar-refractivity contribution in [1.82, 2.24) is 24.5 Å². The summed E-state index contributed by atoms with van der Waals surface area (Å²) in [5.41, 5.74) is 0.867. The Morgan fingerprint density at radius 3 is 2.88 bits per heavy atom. The standard InChI is InChI=1S/C15H19N7OS/c23-14-16-4-5-21(14)11-6-17-22(9-11)12-7-20(8-12)15-18-13(19-24-15)10-2-1-3-10/h6,9-10,12H,1-5,7-8H2,(H,16,23). The average Bonchev–Trinajstić information content (AvgIpc) is 3.17. The van der Waals surface area contributed by atoms with Crippen LogP contribution in [0, 0.1) is 0 Å². The Hall–Kier alpha value is -2.16. The summed E-state index contributed by atoms with van der Waals surface area (Å²) >= 11 is 1.51. The van der Waals surface area contributed by atoms with Gasteiger partial charge in [0, 0.05) is 49.8 Å². The number of urea groups is 1. The fourth-order valence-electron chi connectivity index (χ4n) is 3.35. The first-order valence-electron chi connectivity index (χ1n) is 8.46. The zero-order valence-electron chi connectivity index (χ0n) is 13.3. The van der Waals surface area contributed by atoms with Crippen molar-refractivity contribution in [3.8, 4) is 0 Å². The highest BCUT2D eigenvalue weighted by Gasteiger charge is 2.33. The fourth-order valence-corrected chi connectivity index (χ4v) is 4.11. The van der Waals surface area contributed by atoms with Gasteiger partial charge in [0.2, 0.25) is 5.13 Å². The molecule has 126 valence electrons. The van der Waals surface area contributed by atoms with Crippen LogP contribution < -0.4 is 15.1 Å². The van der Waals surface area contributed by atoms with E-state index in [1.807, 2.05) is 10.9 Å². The molecule has 5 rings (SSSR count). The smallest absolute Gasteiger partial charge is 0.322 e. The summed E-state index contributed by atoms with van der Waals surface area (Å²) < 4.78 is 6.48. The number of amides is 2. The molecule has 2 amide bonds. The van der Waals surface area contributed by atoms with Crippen molar-refractivity contribution in [3.63, 3.8) is 0 Å². The lowest BCUT2D eigenvalue weighted by atomic mass is 9.85. The second-order valence-electron chi connectivity index (χ2n) is 6.68. The minimum Gasteiger partial charge on any atom is -0.342 e. The quantitative estimate of drug-likeness (QED) is 0.910. The Bertz CT molecular complexity index is 761. The Labute approximate surface area is 143 Å². The van der Waals surface area contributed by atoms with Crippen molar-refractivity contribution in [2.24, 2.45) is 0 Å². The van der Waals surface area contributed by atoms with Crippen molar-refractivity contribution < 1.29 is 4.79 Å². The number of rotatable bonds is 4. The number of nitrogens with one attached hydrogen (secondary N) is 1. The number of hydrogen-bond donors (Lipinski definition) is 1. The molecule has 0 atom stereocenters. The third-order valence-electron chi connectivity index (χ3n) is 5.16. The van der Waals surface area contributed by atoms with Gasteiger partial charge in [-0.15, -0.1) is 0 Å². The topological polar surface area (TPSA) is 79.2 Å². The minimum atomic E-state index is -0.0397. The summed E-state index contributed by atoms with van der Waals surface area (Å²) in [5.74, 6) is 1.62. The van der Waals surface area contributed by atoms with Crippen molar-refractivity contribution in [1.29, 1.82) is 0 Å². The van der Waals surface area contributed by atoms with Crippen molar-refractivity contribution in [3.05, 3.63) is 18.2 Å².